The fourth-order valence-corrected chi connectivity index (χ4v) is 3.59. The number of hydrogen-bond acceptors (Lipinski definition) is 5. The Morgan fingerprint density at radius 1 is 1.29 bits per heavy atom. The van der Waals surface area contributed by atoms with Crippen LogP contribution >= 0.6 is 0 Å². The largest absolute Gasteiger partial charge is 0.380 e. The van der Waals surface area contributed by atoms with E-state index in [4.69, 9.17) is 14.4 Å². The molecule has 6 heteroatoms. The van der Waals surface area contributed by atoms with Crippen LogP contribution in [0, 0.1) is 19.8 Å². The number of fused-ring (bicyclic) bond motifs is 1. The lowest BCUT2D eigenvalue weighted by molar-refractivity contribution is 0.0880. The highest BCUT2D eigenvalue weighted by molar-refractivity contribution is 5.26. The molecular weight excluding hydrogens is 304 g/mol. The molecule has 24 heavy (non-hydrogen) atoms. The van der Waals surface area contributed by atoms with Crippen LogP contribution in [0.3, 0.4) is 0 Å². The number of rotatable bonds is 6. The van der Waals surface area contributed by atoms with Crippen LogP contribution in [0.2, 0.25) is 0 Å². The van der Waals surface area contributed by atoms with Gasteiger partial charge in [-0.1, -0.05) is 5.16 Å². The van der Waals surface area contributed by atoms with Crippen LogP contribution in [0.25, 0.3) is 0 Å². The van der Waals surface area contributed by atoms with Crippen molar-refractivity contribution >= 4 is 0 Å². The van der Waals surface area contributed by atoms with Gasteiger partial charge in [0.05, 0.1) is 18.0 Å². The average Bonchev–Trinajstić information content (AvgIpc) is 3.22. The van der Waals surface area contributed by atoms with Gasteiger partial charge in [0.1, 0.15) is 5.76 Å². The molecule has 0 bridgehead atoms. The lowest BCUT2D eigenvalue weighted by Crippen LogP contribution is -2.35. The highest BCUT2D eigenvalue weighted by Crippen LogP contribution is 2.32. The Balaban J connectivity index is 1.48. The van der Waals surface area contributed by atoms with Crippen LogP contribution in [-0.4, -0.2) is 39.6 Å². The van der Waals surface area contributed by atoms with Crippen molar-refractivity contribution in [3.05, 3.63) is 34.5 Å². The molecule has 0 amide bonds. The van der Waals surface area contributed by atoms with Crippen molar-refractivity contribution in [2.75, 3.05) is 19.8 Å². The Labute approximate surface area is 142 Å². The zero-order valence-corrected chi connectivity index (χ0v) is 14.8. The molecule has 0 saturated heterocycles. The van der Waals surface area contributed by atoms with E-state index in [2.05, 4.69) is 16.3 Å². The van der Waals surface area contributed by atoms with Crippen LogP contribution in [0.1, 0.15) is 47.0 Å². The molecule has 1 aliphatic carbocycles. The first-order valence-electron chi connectivity index (χ1n) is 8.84. The van der Waals surface area contributed by atoms with Gasteiger partial charge in [0, 0.05) is 56.5 Å². The molecule has 2 aliphatic rings. The van der Waals surface area contributed by atoms with E-state index in [1.165, 1.54) is 29.7 Å². The second-order valence-corrected chi connectivity index (χ2v) is 7.36. The van der Waals surface area contributed by atoms with Crippen molar-refractivity contribution in [1.29, 1.82) is 0 Å². The van der Waals surface area contributed by atoms with Crippen LogP contribution in [0.4, 0.5) is 0 Å². The third-order valence-electron chi connectivity index (χ3n) is 5.13. The van der Waals surface area contributed by atoms with E-state index >= 15 is 0 Å². The van der Waals surface area contributed by atoms with Crippen LogP contribution in [0.5, 0.6) is 0 Å². The van der Waals surface area contributed by atoms with Crippen molar-refractivity contribution in [2.24, 2.45) is 13.0 Å². The van der Waals surface area contributed by atoms with Gasteiger partial charge in [0.2, 0.25) is 0 Å². The van der Waals surface area contributed by atoms with Gasteiger partial charge in [-0.05, 0) is 32.6 Å². The number of hydrogen-bond donors (Lipinski definition) is 0. The lowest BCUT2D eigenvalue weighted by atomic mass is 9.96. The molecule has 0 N–H and O–H groups in total. The Bertz CT molecular complexity index is 697. The van der Waals surface area contributed by atoms with Crippen molar-refractivity contribution in [3.63, 3.8) is 0 Å². The zero-order chi connectivity index (χ0) is 16.7. The summed E-state index contributed by atoms with van der Waals surface area (Å²) in [6.07, 6.45) is 4.80. The minimum Gasteiger partial charge on any atom is -0.380 e. The van der Waals surface area contributed by atoms with Gasteiger partial charge >= 0.3 is 0 Å². The minimum absolute atomic E-state index is 0.342. The predicted molar refractivity (Wildman–Crippen MR) is 89.6 cm³/mol. The maximum Gasteiger partial charge on any atom is 0.138 e. The molecule has 0 spiro atoms. The van der Waals surface area contributed by atoms with Gasteiger partial charge in [-0.15, -0.1) is 0 Å². The monoisotopic (exact) mass is 330 g/mol. The fourth-order valence-electron chi connectivity index (χ4n) is 3.59. The van der Waals surface area contributed by atoms with Crippen LogP contribution < -0.4 is 0 Å². The second-order valence-electron chi connectivity index (χ2n) is 7.36. The van der Waals surface area contributed by atoms with E-state index in [1.54, 1.807) is 0 Å². The summed E-state index contributed by atoms with van der Waals surface area (Å²) >= 11 is 0. The standard InChI is InChI=1S/C18H26N4O2/c1-12-17(13(2)24-20-12)9-22-7-15-6-21(3)19-18(15)16(8-22)11-23-10-14-4-5-14/h6,14,16H,4-5,7-11H2,1-3H3/t16-/m0/s1. The van der Waals surface area contributed by atoms with Gasteiger partial charge in [-0.25, -0.2) is 0 Å². The molecule has 0 aromatic carbocycles. The number of nitrogens with zero attached hydrogens (tertiary/aromatic N) is 4. The molecule has 1 fully saturated rings. The maximum atomic E-state index is 5.99. The van der Waals surface area contributed by atoms with E-state index in [0.29, 0.717) is 5.92 Å². The molecule has 6 nitrogen and oxygen atoms in total. The molecule has 2 aromatic heterocycles. The molecule has 4 rings (SSSR count). The van der Waals surface area contributed by atoms with E-state index in [-0.39, 0.29) is 0 Å². The minimum atomic E-state index is 0.342. The quantitative estimate of drug-likeness (QED) is 0.815. The summed E-state index contributed by atoms with van der Waals surface area (Å²) in [6.45, 7) is 8.44. The summed E-state index contributed by atoms with van der Waals surface area (Å²) in [7, 11) is 2.00. The second kappa shape index (κ2) is 6.33. The van der Waals surface area contributed by atoms with Gasteiger partial charge in [0.25, 0.3) is 0 Å². The first kappa shape index (κ1) is 15.8. The summed E-state index contributed by atoms with van der Waals surface area (Å²) in [6, 6.07) is 0. The summed E-state index contributed by atoms with van der Waals surface area (Å²) in [4.78, 5) is 2.46. The van der Waals surface area contributed by atoms with Gasteiger partial charge < -0.3 is 9.26 Å². The molecular formula is C18H26N4O2. The summed E-state index contributed by atoms with van der Waals surface area (Å²) in [5, 5.41) is 8.77. The smallest absolute Gasteiger partial charge is 0.138 e. The van der Waals surface area contributed by atoms with Gasteiger partial charge in [-0.3, -0.25) is 9.58 Å². The van der Waals surface area contributed by atoms with Gasteiger partial charge in [-0.2, -0.15) is 5.10 Å². The highest BCUT2D eigenvalue weighted by atomic mass is 16.5. The van der Waals surface area contributed by atoms with E-state index in [1.807, 2.05) is 25.6 Å². The molecule has 3 heterocycles. The zero-order valence-electron chi connectivity index (χ0n) is 14.8. The normalized spacial score (nSPS) is 21.2. The summed E-state index contributed by atoms with van der Waals surface area (Å²) in [5.74, 6) is 2.07. The molecule has 1 aliphatic heterocycles. The fraction of sp³-hybridized carbons (Fsp3) is 0.667. The van der Waals surface area contributed by atoms with Crippen LogP contribution in [-0.2, 0) is 24.9 Å². The molecule has 130 valence electrons. The van der Waals surface area contributed by atoms with Crippen molar-refractivity contribution < 1.29 is 9.26 Å². The first-order valence-corrected chi connectivity index (χ1v) is 8.84. The number of aromatic nitrogens is 3. The SMILES string of the molecule is Cc1noc(C)c1CN1Cc2cn(C)nc2[C@H](COCC2CC2)C1. The highest BCUT2D eigenvalue weighted by Gasteiger charge is 2.30. The molecule has 2 aromatic rings. The van der Waals surface area contributed by atoms with E-state index in [9.17, 15) is 0 Å². The Morgan fingerprint density at radius 3 is 2.83 bits per heavy atom. The van der Waals surface area contributed by atoms with Crippen LogP contribution in [0.15, 0.2) is 10.7 Å². The van der Waals surface area contributed by atoms with E-state index in [0.717, 1.165) is 50.2 Å². The average molecular weight is 330 g/mol. The summed E-state index contributed by atoms with van der Waals surface area (Å²) in [5.41, 5.74) is 4.73. The summed E-state index contributed by atoms with van der Waals surface area (Å²) < 4.78 is 13.2. The van der Waals surface area contributed by atoms with Crippen molar-refractivity contribution in [2.45, 2.75) is 45.7 Å². The number of aryl methyl sites for hydroxylation is 3. The van der Waals surface area contributed by atoms with E-state index < -0.39 is 0 Å². The maximum absolute atomic E-state index is 5.99. The van der Waals surface area contributed by atoms with Gasteiger partial charge in [0.15, 0.2) is 0 Å². The lowest BCUT2D eigenvalue weighted by Gasteiger charge is -2.31. The first-order chi connectivity index (χ1) is 11.6. The topological polar surface area (TPSA) is 56.3 Å². The molecule has 0 radical (unpaired) electrons. The predicted octanol–water partition coefficient (Wildman–Crippen LogP) is 2.55. The molecule has 1 atom stereocenters. The van der Waals surface area contributed by atoms with Crippen molar-refractivity contribution in [1.82, 2.24) is 19.8 Å². The Morgan fingerprint density at radius 2 is 2.12 bits per heavy atom. The number of ether oxygens (including phenoxy) is 1. The van der Waals surface area contributed by atoms with Crippen molar-refractivity contribution in [3.8, 4) is 0 Å². The molecule has 0 unspecified atom stereocenters. The Kier molecular flexibility index (Phi) is 4.18. The molecule has 1 saturated carbocycles. The third-order valence-corrected chi connectivity index (χ3v) is 5.13. The third kappa shape index (κ3) is 3.26. The Hall–Kier alpha value is -1.66.